The van der Waals surface area contributed by atoms with E-state index in [9.17, 15) is 0 Å². The molecule has 0 amide bonds. The first kappa shape index (κ1) is 15.0. The van der Waals surface area contributed by atoms with Crippen LogP contribution in [-0.4, -0.2) is 36.6 Å². The van der Waals surface area contributed by atoms with Gasteiger partial charge >= 0.3 is 0 Å². The molecule has 1 N–H and O–H groups in total. The van der Waals surface area contributed by atoms with Crippen LogP contribution in [0.2, 0.25) is 0 Å². The van der Waals surface area contributed by atoms with Crippen molar-refractivity contribution < 1.29 is 0 Å². The van der Waals surface area contributed by atoms with Crippen LogP contribution < -0.4 is 5.32 Å². The summed E-state index contributed by atoms with van der Waals surface area (Å²) in [5.74, 6) is 1.68. The summed E-state index contributed by atoms with van der Waals surface area (Å²) in [5.41, 5.74) is 0. The van der Waals surface area contributed by atoms with Crippen molar-refractivity contribution in [2.24, 2.45) is 11.8 Å². The first-order chi connectivity index (χ1) is 7.99. The predicted octanol–water partition coefficient (Wildman–Crippen LogP) is 3.13. The van der Waals surface area contributed by atoms with E-state index in [4.69, 9.17) is 0 Å². The predicted molar refractivity (Wildman–Crippen MR) is 76.4 cm³/mol. The summed E-state index contributed by atoms with van der Waals surface area (Å²) in [7, 11) is 0. The molecule has 1 aliphatic heterocycles. The third kappa shape index (κ3) is 5.87. The smallest absolute Gasteiger partial charge is 0.0221 e. The Kier molecular flexibility index (Phi) is 6.50. The van der Waals surface area contributed by atoms with E-state index >= 15 is 0 Å². The number of hydrogen-bond donors (Lipinski definition) is 1. The summed E-state index contributed by atoms with van der Waals surface area (Å²) in [4.78, 5) is 2.71. The molecule has 1 heterocycles. The van der Waals surface area contributed by atoms with Crippen LogP contribution in [-0.2, 0) is 0 Å². The highest BCUT2D eigenvalue weighted by Crippen LogP contribution is 2.20. The maximum Gasteiger partial charge on any atom is 0.0221 e. The Labute approximate surface area is 108 Å². The SMILES string of the molecule is CC(C)CC(C)CN1CCCC1CNC(C)C. The molecule has 102 valence electrons. The molecular formula is C15H32N2. The lowest BCUT2D eigenvalue weighted by Gasteiger charge is -2.28. The summed E-state index contributed by atoms with van der Waals surface area (Å²) in [5, 5.41) is 3.59. The zero-order chi connectivity index (χ0) is 12.8. The molecule has 2 heteroatoms. The molecule has 0 spiro atoms. The summed E-state index contributed by atoms with van der Waals surface area (Å²) in [6.07, 6.45) is 4.13. The molecule has 0 aromatic carbocycles. The summed E-state index contributed by atoms with van der Waals surface area (Å²) >= 11 is 0. The molecule has 0 aromatic heterocycles. The van der Waals surface area contributed by atoms with Crippen LogP contribution in [0.25, 0.3) is 0 Å². The minimum absolute atomic E-state index is 0.616. The topological polar surface area (TPSA) is 15.3 Å². The standard InChI is InChI=1S/C15H32N2/c1-12(2)9-14(5)11-17-8-6-7-15(17)10-16-13(3)4/h12-16H,6-11H2,1-5H3. The normalized spacial score (nSPS) is 23.8. The van der Waals surface area contributed by atoms with E-state index in [1.807, 2.05) is 0 Å². The lowest BCUT2D eigenvalue weighted by Crippen LogP contribution is -2.42. The molecule has 0 radical (unpaired) electrons. The summed E-state index contributed by atoms with van der Waals surface area (Å²) in [6, 6.07) is 1.40. The molecule has 17 heavy (non-hydrogen) atoms. The molecule has 0 aliphatic carbocycles. The van der Waals surface area contributed by atoms with Gasteiger partial charge in [-0.05, 0) is 37.6 Å². The molecule has 2 unspecified atom stereocenters. The minimum Gasteiger partial charge on any atom is -0.313 e. The Morgan fingerprint density at radius 2 is 1.88 bits per heavy atom. The Morgan fingerprint density at radius 3 is 2.47 bits per heavy atom. The maximum absolute atomic E-state index is 3.59. The van der Waals surface area contributed by atoms with Gasteiger partial charge in [0.2, 0.25) is 0 Å². The molecule has 2 nitrogen and oxygen atoms in total. The van der Waals surface area contributed by atoms with Gasteiger partial charge in [0.05, 0.1) is 0 Å². The van der Waals surface area contributed by atoms with Gasteiger partial charge in [0.25, 0.3) is 0 Å². The van der Waals surface area contributed by atoms with Crippen molar-refractivity contribution in [1.82, 2.24) is 10.2 Å². The van der Waals surface area contributed by atoms with E-state index in [2.05, 4.69) is 44.8 Å². The molecule has 0 bridgehead atoms. The van der Waals surface area contributed by atoms with Crippen LogP contribution in [0.3, 0.4) is 0 Å². The Hall–Kier alpha value is -0.0800. The Morgan fingerprint density at radius 1 is 1.18 bits per heavy atom. The van der Waals surface area contributed by atoms with Gasteiger partial charge in [0.15, 0.2) is 0 Å². The van der Waals surface area contributed by atoms with Crippen LogP contribution in [0, 0.1) is 11.8 Å². The highest BCUT2D eigenvalue weighted by atomic mass is 15.2. The fourth-order valence-corrected chi connectivity index (χ4v) is 3.02. The van der Waals surface area contributed by atoms with Crippen LogP contribution in [0.5, 0.6) is 0 Å². The zero-order valence-corrected chi connectivity index (χ0v) is 12.5. The van der Waals surface area contributed by atoms with Gasteiger partial charge in [-0.1, -0.05) is 34.6 Å². The molecule has 1 saturated heterocycles. The van der Waals surface area contributed by atoms with Crippen molar-refractivity contribution in [2.75, 3.05) is 19.6 Å². The average molecular weight is 240 g/mol. The van der Waals surface area contributed by atoms with Crippen molar-refractivity contribution in [3.05, 3.63) is 0 Å². The molecule has 0 aromatic rings. The van der Waals surface area contributed by atoms with E-state index in [0.29, 0.717) is 6.04 Å². The van der Waals surface area contributed by atoms with Crippen molar-refractivity contribution in [3.8, 4) is 0 Å². The monoisotopic (exact) mass is 240 g/mol. The third-order valence-electron chi connectivity index (χ3n) is 3.68. The van der Waals surface area contributed by atoms with Crippen LogP contribution >= 0.6 is 0 Å². The molecule has 1 fully saturated rings. The van der Waals surface area contributed by atoms with Gasteiger partial charge in [-0.2, -0.15) is 0 Å². The number of likely N-dealkylation sites (tertiary alicyclic amines) is 1. The maximum atomic E-state index is 3.59. The first-order valence-corrected chi connectivity index (χ1v) is 7.46. The first-order valence-electron chi connectivity index (χ1n) is 7.46. The van der Waals surface area contributed by atoms with Crippen LogP contribution in [0.4, 0.5) is 0 Å². The fourth-order valence-electron chi connectivity index (χ4n) is 3.02. The second-order valence-corrected chi connectivity index (χ2v) is 6.59. The number of nitrogens with zero attached hydrogens (tertiary/aromatic N) is 1. The van der Waals surface area contributed by atoms with E-state index in [-0.39, 0.29) is 0 Å². The van der Waals surface area contributed by atoms with Crippen molar-refractivity contribution >= 4 is 0 Å². The molecule has 1 aliphatic rings. The quantitative estimate of drug-likeness (QED) is 0.735. The fraction of sp³-hybridized carbons (Fsp3) is 1.00. The highest BCUT2D eigenvalue weighted by Gasteiger charge is 2.25. The number of rotatable bonds is 7. The largest absolute Gasteiger partial charge is 0.313 e. The van der Waals surface area contributed by atoms with Crippen LogP contribution in [0.15, 0.2) is 0 Å². The van der Waals surface area contributed by atoms with Crippen LogP contribution in [0.1, 0.15) is 53.9 Å². The van der Waals surface area contributed by atoms with Crippen molar-refractivity contribution in [2.45, 2.75) is 66.0 Å². The van der Waals surface area contributed by atoms with E-state index in [1.54, 1.807) is 0 Å². The van der Waals surface area contributed by atoms with Crippen molar-refractivity contribution in [1.29, 1.82) is 0 Å². The van der Waals surface area contributed by atoms with E-state index < -0.39 is 0 Å². The van der Waals surface area contributed by atoms with Crippen molar-refractivity contribution in [3.63, 3.8) is 0 Å². The number of hydrogen-bond acceptors (Lipinski definition) is 2. The van der Waals surface area contributed by atoms with E-state index in [0.717, 1.165) is 17.9 Å². The van der Waals surface area contributed by atoms with Gasteiger partial charge in [0, 0.05) is 25.2 Å². The molecule has 2 atom stereocenters. The molecular weight excluding hydrogens is 208 g/mol. The molecule has 1 rings (SSSR count). The second-order valence-electron chi connectivity index (χ2n) is 6.59. The zero-order valence-electron chi connectivity index (χ0n) is 12.5. The van der Waals surface area contributed by atoms with Gasteiger partial charge in [-0.25, -0.2) is 0 Å². The van der Waals surface area contributed by atoms with Gasteiger partial charge in [-0.3, -0.25) is 4.90 Å². The van der Waals surface area contributed by atoms with E-state index in [1.165, 1.54) is 38.9 Å². The number of nitrogens with one attached hydrogen (secondary N) is 1. The Bertz CT molecular complexity index is 201. The molecule has 0 saturated carbocycles. The third-order valence-corrected chi connectivity index (χ3v) is 3.68. The highest BCUT2D eigenvalue weighted by molar-refractivity contribution is 4.82. The van der Waals surface area contributed by atoms with Gasteiger partial charge in [-0.15, -0.1) is 0 Å². The average Bonchev–Trinajstić information content (AvgIpc) is 2.60. The lowest BCUT2D eigenvalue weighted by atomic mass is 9.98. The Balaban J connectivity index is 2.30. The summed E-state index contributed by atoms with van der Waals surface area (Å²) < 4.78 is 0. The minimum atomic E-state index is 0.616. The lowest BCUT2D eigenvalue weighted by molar-refractivity contribution is 0.202. The summed E-state index contributed by atoms with van der Waals surface area (Å²) in [6.45, 7) is 15.3. The second kappa shape index (κ2) is 7.38. The van der Waals surface area contributed by atoms with Gasteiger partial charge < -0.3 is 5.32 Å². The van der Waals surface area contributed by atoms with Gasteiger partial charge in [0.1, 0.15) is 0 Å².